The molecule has 2 atom stereocenters. The summed E-state index contributed by atoms with van der Waals surface area (Å²) in [6.45, 7) is 3.77. The van der Waals surface area contributed by atoms with E-state index in [1.165, 1.54) is 5.56 Å². The molecule has 3 aromatic rings. The van der Waals surface area contributed by atoms with E-state index in [-0.39, 0.29) is 12.1 Å². The Labute approximate surface area is 191 Å². The zero-order valence-electron chi connectivity index (χ0n) is 17.3. The Bertz CT molecular complexity index is 1040. The summed E-state index contributed by atoms with van der Waals surface area (Å²) in [7, 11) is 4.13. The van der Waals surface area contributed by atoms with Gasteiger partial charge in [-0.2, -0.15) is 0 Å². The van der Waals surface area contributed by atoms with Gasteiger partial charge in [0, 0.05) is 29.3 Å². The molecule has 1 saturated heterocycles. The number of hydrogen-bond donors (Lipinski definition) is 1. The quantitative estimate of drug-likeness (QED) is 0.499. The van der Waals surface area contributed by atoms with Crippen molar-refractivity contribution in [1.82, 2.24) is 20.1 Å². The van der Waals surface area contributed by atoms with Gasteiger partial charge in [0.25, 0.3) is 0 Å². The lowest BCUT2D eigenvalue weighted by Gasteiger charge is -2.27. The molecule has 1 N–H and O–H groups in total. The number of likely N-dealkylation sites (N-methyl/N-ethyl adjacent to an activating group) is 1. The maximum Gasteiger partial charge on any atom is 0.170 e. The van der Waals surface area contributed by atoms with Crippen molar-refractivity contribution >= 4 is 33.3 Å². The van der Waals surface area contributed by atoms with E-state index in [9.17, 15) is 0 Å². The first-order valence-electron chi connectivity index (χ1n) is 9.93. The number of furan rings is 1. The van der Waals surface area contributed by atoms with E-state index in [0.717, 1.165) is 45.5 Å². The van der Waals surface area contributed by atoms with Gasteiger partial charge in [-0.25, -0.2) is 0 Å². The van der Waals surface area contributed by atoms with E-state index < -0.39 is 0 Å². The van der Waals surface area contributed by atoms with Crippen molar-refractivity contribution in [3.8, 4) is 11.3 Å². The van der Waals surface area contributed by atoms with Gasteiger partial charge in [-0.1, -0.05) is 28.1 Å². The third-order valence-corrected chi connectivity index (χ3v) is 6.30. The molecule has 1 aliphatic rings. The van der Waals surface area contributed by atoms with Crippen LogP contribution in [-0.4, -0.2) is 47.1 Å². The van der Waals surface area contributed by atoms with E-state index in [1.807, 2.05) is 30.5 Å². The van der Waals surface area contributed by atoms with Crippen LogP contribution in [-0.2, 0) is 0 Å². The molecule has 4 rings (SSSR count). The predicted molar refractivity (Wildman–Crippen MR) is 127 cm³/mol. The lowest BCUT2D eigenvalue weighted by molar-refractivity contribution is 0.250. The number of pyridine rings is 1. The Balaban J connectivity index is 1.71. The number of aromatic nitrogens is 1. The molecular weight excluding hydrogens is 460 g/mol. The van der Waals surface area contributed by atoms with E-state index in [2.05, 4.69) is 81.3 Å². The van der Waals surface area contributed by atoms with Gasteiger partial charge in [0.15, 0.2) is 5.11 Å². The molecule has 1 aromatic carbocycles. The molecule has 0 spiro atoms. The van der Waals surface area contributed by atoms with E-state index in [4.69, 9.17) is 16.6 Å². The summed E-state index contributed by atoms with van der Waals surface area (Å²) in [5.41, 5.74) is 3.19. The number of benzene rings is 1. The number of nitrogens with one attached hydrogen (secondary N) is 1. The smallest absolute Gasteiger partial charge is 0.170 e. The molecule has 2 unspecified atom stereocenters. The first-order chi connectivity index (χ1) is 14.4. The minimum atomic E-state index is -0.0682. The van der Waals surface area contributed by atoms with Gasteiger partial charge in [-0.15, -0.1) is 0 Å². The molecule has 1 aliphatic heterocycles. The highest BCUT2D eigenvalue weighted by molar-refractivity contribution is 9.10. The zero-order valence-corrected chi connectivity index (χ0v) is 19.7. The van der Waals surface area contributed by atoms with Crippen molar-refractivity contribution in [2.75, 3.05) is 27.2 Å². The van der Waals surface area contributed by atoms with Crippen LogP contribution < -0.4 is 5.32 Å². The topological polar surface area (TPSA) is 44.5 Å². The number of halogens is 1. The highest BCUT2D eigenvalue weighted by Gasteiger charge is 2.41. The lowest BCUT2D eigenvalue weighted by atomic mass is 10.0. The minimum Gasteiger partial charge on any atom is -0.459 e. The van der Waals surface area contributed by atoms with Crippen LogP contribution in [0.15, 0.2) is 63.6 Å². The third kappa shape index (κ3) is 4.29. The molecule has 0 amide bonds. The van der Waals surface area contributed by atoms with Gasteiger partial charge < -0.3 is 19.5 Å². The number of aryl methyl sites for hydroxylation is 1. The number of hydrogen-bond acceptors (Lipinski definition) is 4. The summed E-state index contributed by atoms with van der Waals surface area (Å²) in [5.74, 6) is 1.71. The van der Waals surface area contributed by atoms with Gasteiger partial charge in [0.1, 0.15) is 17.6 Å². The first-order valence-corrected chi connectivity index (χ1v) is 11.1. The van der Waals surface area contributed by atoms with Gasteiger partial charge >= 0.3 is 0 Å². The summed E-state index contributed by atoms with van der Waals surface area (Å²) >= 11 is 9.37. The van der Waals surface area contributed by atoms with Crippen LogP contribution in [0.3, 0.4) is 0 Å². The second-order valence-corrected chi connectivity index (χ2v) is 9.05. The fourth-order valence-corrected chi connectivity index (χ4v) is 4.76. The molecule has 5 nitrogen and oxygen atoms in total. The molecule has 1 fully saturated rings. The summed E-state index contributed by atoms with van der Waals surface area (Å²) < 4.78 is 7.42. The van der Waals surface area contributed by atoms with Crippen LogP contribution in [0.25, 0.3) is 11.3 Å². The SMILES string of the molecule is Cc1ccc(-c2ccc(C3C(c4ccccn4)NC(=S)N3CCN(C)C)o2)c(Br)c1. The maximum absolute atomic E-state index is 6.40. The molecule has 156 valence electrons. The number of nitrogens with zero attached hydrogens (tertiary/aromatic N) is 3. The van der Waals surface area contributed by atoms with Crippen molar-refractivity contribution in [3.05, 3.63) is 76.2 Å². The minimum absolute atomic E-state index is 0.0645. The largest absolute Gasteiger partial charge is 0.459 e. The summed E-state index contributed by atoms with van der Waals surface area (Å²) in [6, 6.07) is 16.2. The Hall–Kier alpha value is -2.22. The molecule has 0 aliphatic carbocycles. The average Bonchev–Trinajstić information content (AvgIpc) is 3.31. The van der Waals surface area contributed by atoms with Crippen molar-refractivity contribution in [2.45, 2.75) is 19.0 Å². The van der Waals surface area contributed by atoms with Gasteiger partial charge in [-0.05, 0) is 75.2 Å². The van der Waals surface area contributed by atoms with Crippen molar-refractivity contribution in [3.63, 3.8) is 0 Å². The highest BCUT2D eigenvalue weighted by Crippen LogP contribution is 2.41. The van der Waals surface area contributed by atoms with E-state index in [1.54, 1.807) is 0 Å². The summed E-state index contributed by atoms with van der Waals surface area (Å²) in [5, 5.41) is 4.20. The average molecular weight is 485 g/mol. The molecule has 0 bridgehead atoms. The molecule has 2 aromatic heterocycles. The number of thiocarbonyl (C=S) groups is 1. The Morgan fingerprint density at radius 2 is 2.03 bits per heavy atom. The second kappa shape index (κ2) is 8.88. The highest BCUT2D eigenvalue weighted by atomic mass is 79.9. The number of rotatable bonds is 6. The van der Waals surface area contributed by atoms with Gasteiger partial charge in [-0.3, -0.25) is 4.98 Å². The molecule has 0 saturated carbocycles. The second-order valence-electron chi connectivity index (χ2n) is 7.81. The van der Waals surface area contributed by atoms with E-state index in [0.29, 0.717) is 0 Å². The Morgan fingerprint density at radius 1 is 1.20 bits per heavy atom. The molecule has 30 heavy (non-hydrogen) atoms. The van der Waals surface area contributed by atoms with Crippen LogP contribution in [0, 0.1) is 6.92 Å². The summed E-state index contributed by atoms with van der Waals surface area (Å²) in [6.07, 6.45) is 1.82. The fourth-order valence-electron chi connectivity index (χ4n) is 3.74. The normalized spacial score (nSPS) is 18.8. The third-order valence-electron chi connectivity index (χ3n) is 5.29. The van der Waals surface area contributed by atoms with Crippen molar-refractivity contribution in [1.29, 1.82) is 0 Å². The zero-order chi connectivity index (χ0) is 21.3. The lowest BCUT2D eigenvalue weighted by Crippen LogP contribution is -2.35. The van der Waals surface area contributed by atoms with Gasteiger partial charge in [0.2, 0.25) is 0 Å². The van der Waals surface area contributed by atoms with Crippen LogP contribution >= 0.6 is 28.1 Å². The first kappa shape index (κ1) is 21.0. The van der Waals surface area contributed by atoms with Crippen LogP contribution in [0.2, 0.25) is 0 Å². The summed E-state index contributed by atoms with van der Waals surface area (Å²) in [4.78, 5) is 8.95. The molecule has 7 heteroatoms. The molecule has 0 radical (unpaired) electrons. The maximum atomic E-state index is 6.40. The van der Waals surface area contributed by atoms with Crippen LogP contribution in [0.4, 0.5) is 0 Å². The van der Waals surface area contributed by atoms with E-state index >= 15 is 0 Å². The van der Waals surface area contributed by atoms with Crippen molar-refractivity contribution < 1.29 is 4.42 Å². The van der Waals surface area contributed by atoms with Gasteiger partial charge in [0.05, 0.1) is 11.7 Å². The molecular formula is C23H25BrN4OS. The predicted octanol–water partition coefficient (Wildman–Crippen LogP) is 4.95. The van der Waals surface area contributed by atoms with Crippen molar-refractivity contribution in [2.24, 2.45) is 0 Å². The standard InChI is InChI=1S/C23H25BrN4OS/c1-15-7-8-16(17(24)14-15)19-9-10-20(29-19)22-21(18-6-4-5-11-25-18)26-23(30)28(22)13-12-27(2)3/h4-11,14,21-22H,12-13H2,1-3H3,(H,26,30). The van der Waals surface area contributed by atoms with Crippen LogP contribution in [0.1, 0.15) is 29.1 Å². The molecule has 3 heterocycles. The Morgan fingerprint density at radius 3 is 2.73 bits per heavy atom. The Kier molecular flexibility index (Phi) is 6.22. The van der Waals surface area contributed by atoms with Crippen LogP contribution in [0.5, 0.6) is 0 Å². The fraction of sp³-hybridized carbons (Fsp3) is 0.304. The monoisotopic (exact) mass is 484 g/mol.